The molecular weight excluding hydrogens is 428 g/mol. The van der Waals surface area contributed by atoms with E-state index in [1.165, 1.54) is 28.0 Å². The maximum atomic E-state index is 12.9. The van der Waals surface area contributed by atoms with Crippen molar-refractivity contribution in [2.45, 2.75) is 24.5 Å². The molecule has 0 saturated carbocycles. The van der Waals surface area contributed by atoms with Crippen LogP contribution in [0.5, 0.6) is 0 Å². The molecule has 13 heteroatoms. The number of aromatic nitrogens is 4. The third-order valence-electron chi connectivity index (χ3n) is 4.04. The molecule has 0 aliphatic rings. The minimum absolute atomic E-state index is 0.0392. The summed E-state index contributed by atoms with van der Waals surface area (Å²) in [5.41, 5.74) is 6.94. The van der Waals surface area contributed by atoms with Gasteiger partial charge in [0.25, 0.3) is 5.69 Å². The lowest BCUT2D eigenvalue weighted by Crippen LogP contribution is -2.27. The number of benzene rings is 1. The number of nitro benzene ring substituents is 1. The fraction of sp³-hybridized carbons (Fsp3) is 0.235. The van der Waals surface area contributed by atoms with E-state index in [4.69, 9.17) is 11.0 Å². The van der Waals surface area contributed by atoms with Gasteiger partial charge in [0.2, 0.25) is 11.9 Å². The summed E-state index contributed by atoms with van der Waals surface area (Å²) in [4.78, 5) is 27.7. The number of nitrogens with one attached hydrogen (secondary N) is 1. The number of thiazole rings is 1. The first-order valence-corrected chi connectivity index (χ1v) is 10.5. The summed E-state index contributed by atoms with van der Waals surface area (Å²) in [5, 5.41) is 32.7. The average Bonchev–Trinajstić information content (AvgIpc) is 3.34. The summed E-state index contributed by atoms with van der Waals surface area (Å²) in [7, 11) is 0. The van der Waals surface area contributed by atoms with Gasteiger partial charge in [-0.1, -0.05) is 30.8 Å². The van der Waals surface area contributed by atoms with Crippen LogP contribution < -0.4 is 11.1 Å². The number of carbonyl (C=O) groups is 1. The number of rotatable bonds is 8. The van der Waals surface area contributed by atoms with Crippen LogP contribution in [0.15, 0.2) is 34.8 Å². The predicted octanol–water partition coefficient (Wildman–Crippen LogP) is 3.10. The fourth-order valence-corrected chi connectivity index (χ4v) is 4.07. The molecule has 0 fully saturated rings. The van der Waals surface area contributed by atoms with Gasteiger partial charge >= 0.3 is 0 Å². The lowest BCUT2D eigenvalue weighted by atomic mass is 10.1. The highest BCUT2D eigenvalue weighted by molar-refractivity contribution is 7.99. The van der Waals surface area contributed by atoms with Gasteiger partial charge in [0, 0.05) is 23.1 Å². The molecule has 1 aromatic carbocycles. The molecule has 2 heterocycles. The van der Waals surface area contributed by atoms with Crippen LogP contribution in [0.3, 0.4) is 0 Å². The molecule has 30 heavy (non-hydrogen) atoms. The first-order chi connectivity index (χ1) is 14.4. The van der Waals surface area contributed by atoms with Crippen LogP contribution in [-0.4, -0.2) is 36.3 Å². The van der Waals surface area contributed by atoms with Crippen molar-refractivity contribution < 1.29 is 9.72 Å². The molecule has 1 atom stereocenters. The zero-order valence-corrected chi connectivity index (χ0v) is 17.3. The topological polar surface area (TPSA) is 166 Å². The second-order valence-electron chi connectivity index (χ2n) is 5.92. The second kappa shape index (κ2) is 9.33. The number of anilines is 2. The molecule has 1 amide bonds. The smallest absolute Gasteiger partial charge is 0.270 e. The monoisotopic (exact) mass is 444 g/mol. The molecule has 11 nitrogen and oxygen atoms in total. The number of carbonyl (C=O) groups excluding carboxylic acids is 1. The molecule has 0 aliphatic heterocycles. The lowest BCUT2D eigenvalue weighted by Gasteiger charge is -2.17. The largest absolute Gasteiger partial charge is 0.368 e. The van der Waals surface area contributed by atoms with Crippen molar-refractivity contribution >= 4 is 45.8 Å². The van der Waals surface area contributed by atoms with E-state index in [0.29, 0.717) is 28.0 Å². The minimum atomic E-state index is -0.689. The van der Waals surface area contributed by atoms with Crippen LogP contribution in [0, 0.1) is 21.4 Å². The average molecular weight is 445 g/mol. The number of non-ortho nitro benzene ring substituents is 1. The molecule has 2 aromatic heterocycles. The predicted molar refractivity (Wildman–Crippen MR) is 113 cm³/mol. The van der Waals surface area contributed by atoms with Crippen molar-refractivity contribution in [3.8, 4) is 17.3 Å². The molecule has 154 valence electrons. The number of hydrogen-bond acceptors (Lipinski definition) is 10. The number of amides is 1. The van der Waals surface area contributed by atoms with Crippen molar-refractivity contribution in [3.05, 3.63) is 39.8 Å². The Morgan fingerprint density at radius 2 is 2.30 bits per heavy atom. The van der Waals surface area contributed by atoms with Crippen molar-refractivity contribution in [3.63, 3.8) is 0 Å². The number of nitro groups is 1. The molecule has 1 unspecified atom stereocenters. The Bertz CT molecular complexity index is 1120. The maximum absolute atomic E-state index is 12.9. The third kappa shape index (κ3) is 4.56. The van der Waals surface area contributed by atoms with Gasteiger partial charge in [-0.3, -0.25) is 19.5 Å². The highest BCUT2D eigenvalue weighted by Gasteiger charge is 2.25. The molecule has 0 spiro atoms. The Hall–Kier alpha value is -3.50. The number of nitrogens with two attached hydrogens (primary N) is 1. The van der Waals surface area contributed by atoms with Crippen LogP contribution in [-0.2, 0) is 4.79 Å². The van der Waals surface area contributed by atoms with Gasteiger partial charge in [0.05, 0.1) is 22.4 Å². The Kier molecular flexibility index (Phi) is 6.60. The number of hydrogen-bond donors (Lipinski definition) is 2. The molecule has 3 N–H and O–H groups in total. The molecule has 0 saturated heterocycles. The summed E-state index contributed by atoms with van der Waals surface area (Å²) in [6.07, 6.45) is 0.414. The molecular formula is C17H16N8O3S2. The van der Waals surface area contributed by atoms with E-state index < -0.39 is 11.0 Å². The van der Waals surface area contributed by atoms with Crippen LogP contribution >= 0.6 is 23.1 Å². The molecule has 0 aliphatic carbocycles. The van der Waals surface area contributed by atoms with Gasteiger partial charge in [0.1, 0.15) is 6.04 Å². The SMILES string of the molecule is CCC(C(=O)Nc1nc(-c2cccc([N+](=O)[O-])c2)cs1)n1c(N)nnc1SCC#N. The molecule has 3 aromatic rings. The van der Waals surface area contributed by atoms with Gasteiger partial charge < -0.3 is 11.1 Å². The summed E-state index contributed by atoms with van der Waals surface area (Å²) < 4.78 is 1.49. The fourth-order valence-electron chi connectivity index (χ4n) is 2.69. The van der Waals surface area contributed by atoms with Gasteiger partial charge in [0.15, 0.2) is 10.3 Å². The second-order valence-corrected chi connectivity index (χ2v) is 7.72. The zero-order valence-electron chi connectivity index (χ0n) is 15.7. The van der Waals surface area contributed by atoms with Gasteiger partial charge in [-0.2, -0.15) is 5.26 Å². The number of nitrogen functional groups attached to an aromatic ring is 1. The molecule has 0 bridgehead atoms. The van der Waals surface area contributed by atoms with E-state index in [-0.39, 0.29) is 23.3 Å². The van der Waals surface area contributed by atoms with Gasteiger partial charge in [-0.25, -0.2) is 4.98 Å². The van der Waals surface area contributed by atoms with Crippen molar-refractivity contribution in [2.24, 2.45) is 0 Å². The Morgan fingerprint density at radius 1 is 1.50 bits per heavy atom. The van der Waals surface area contributed by atoms with Crippen LogP contribution in [0.2, 0.25) is 0 Å². The van der Waals surface area contributed by atoms with E-state index >= 15 is 0 Å². The van der Waals surface area contributed by atoms with E-state index in [2.05, 4.69) is 20.5 Å². The van der Waals surface area contributed by atoms with Crippen molar-refractivity contribution in [1.82, 2.24) is 19.7 Å². The van der Waals surface area contributed by atoms with Crippen LogP contribution in [0.1, 0.15) is 19.4 Å². The normalized spacial score (nSPS) is 11.6. The van der Waals surface area contributed by atoms with Gasteiger partial charge in [-0.15, -0.1) is 21.5 Å². The molecule has 3 rings (SSSR count). The Labute approximate surface area is 179 Å². The minimum Gasteiger partial charge on any atom is -0.368 e. The standard InChI is InChI=1S/C17H16N8O3S2/c1-2-13(24-15(19)22-23-17(24)29-7-6-18)14(26)21-16-20-12(9-30-16)10-4-3-5-11(8-10)25(27)28/h3-5,8-9,13H,2,7H2,1H3,(H2,19,22)(H,20,21,26). The first kappa shape index (κ1) is 21.2. The lowest BCUT2D eigenvalue weighted by molar-refractivity contribution is -0.384. The van der Waals surface area contributed by atoms with Crippen molar-refractivity contribution in [1.29, 1.82) is 5.26 Å². The van der Waals surface area contributed by atoms with E-state index in [0.717, 1.165) is 11.8 Å². The highest BCUT2D eigenvalue weighted by atomic mass is 32.2. The van der Waals surface area contributed by atoms with Gasteiger partial charge in [-0.05, 0) is 6.42 Å². The van der Waals surface area contributed by atoms with Crippen LogP contribution in [0.4, 0.5) is 16.8 Å². The summed E-state index contributed by atoms with van der Waals surface area (Å²) >= 11 is 2.34. The third-order valence-corrected chi connectivity index (χ3v) is 5.61. The van der Waals surface area contributed by atoms with E-state index in [1.807, 2.05) is 13.0 Å². The molecule has 0 radical (unpaired) electrons. The highest BCUT2D eigenvalue weighted by Crippen LogP contribution is 2.29. The quantitative estimate of drug-likeness (QED) is 0.301. The summed E-state index contributed by atoms with van der Waals surface area (Å²) in [6, 6.07) is 7.41. The Morgan fingerprint density at radius 3 is 3.00 bits per heavy atom. The van der Waals surface area contributed by atoms with E-state index in [9.17, 15) is 14.9 Å². The summed E-state index contributed by atoms with van der Waals surface area (Å²) in [6.45, 7) is 1.82. The number of thioether (sulfide) groups is 1. The first-order valence-electron chi connectivity index (χ1n) is 8.66. The number of nitriles is 1. The zero-order chi connectivity index (χ0) is 21.7. The van der Waals surface area contributed by atoms with Crippen molar-refractivity contribution in [2.75, 3.05) is 16.8 Å². The number of nitrogens with zero attached hydrogens (tertiary/aromatic N) is 6. The van der Waals surface area contributed by atoms with Crippen LogP contribution in [0.25, 0.3) is 11.3 Å². The Balaban J connectivity index is 1.79. The summed E-state index contributed by atoms with van der Waals surface area (Å²) in [5.74, 6) is -0.133. The van der Waals surface area contributed by atoms with E-state index in [1.54, 1.807) is 17.5 Å². The maximum Gasteiger partial charge on any atom is 0.270 e.